The van der Waals surface area contributed by atoms with Crippen molar-refractivity contribution in [1.82, 2.24) is 14.8 Å². The van der Waals surface area contributed by atoms with Gasteiger partial charge in [-0.25, -0.2) is 0 Å². The summed E-state index contributed by atoms with van der Waals surface area (Å²) in [5, 5.41) is 9.47. The van der Waals surface area contributed by atoms with Crippen LogP contribution >= 0.6 is 11.8 Å². The summed E-state index contributed by atoms with van der Waals surface area (Å²) in [7, 11) is 2.01. The highest BCUT2D eigenvalue weighted by Gasteiger charge is 2.51. The van der Waals surface area contributed by atoms with Gasteiger partial charge in [0.25, 0.3) is 0 Å². The molecule has 1 aromatic heterocycles. The quantitative estimate of drug-likeness (QED) is 0.844. The molecule has 0 aliphatic heterocycles. The number of rotatable bonds is 5. The zero-order chi connectivity index (χ0) is 15.3. The van der Waals surface area contributed by atoms with Gasteiger partial charge in [0.1, 0.15) is 5.82 Å². The highest BCUT2D eigenvalue weighted by molar-refractivity contribution is 7.99. The summed E-state index contributed by atoms with van der Waals surface area (Å²) >= 11 is 1.38. The van der Waals surface area contributed by atoms with Gasteiger partial charge in [-0.15, -0.1) is 10.2 Å². The maximum atomic E-state index is 10.9. The molecular weight excluding hydrogens is 296 g/mol. The molecule has 4 fully saturated rings. The number of carbonyl (C=O) groups is 1. The van der Waals surface area contributed by atoms with Gasteiger partial charge in [-0.2, -0.15) is 0 Å². The molecule has 0 atom stereocenters. The van der Waals surface area contributed by atoms with Gasteiger partial charge >= 0.3 is 0 Å². The predicted octanol–water partition coefficient (Wildman–Crippen LogP) is 2.15. The summed E-state index contributed by atoms with van der Waals surface area (Å²) in [5.74, 6) is 3.92. The summed E-state index contributed by atoms with van der Waals surface area (Å²) in [6, 6.07) is 0. The topological polar surface area (TPSA) is 73.8 Å². The van der Waals surface area contributed by atoms with Crippen LogP contribution in [-0.2, 0) is 18.3 Å². The fourth-order valence-electron chi connectivity index (χ4n) is 5.60. The second-order valence-corrected chi connectivity index (χ2v) is 8.75. The molecule has 1 aromatic rings. The second kappa shape index (κ2) is 5.25. The molecule has 5 rings (SSSR count). The average molecular weight is 320 g/mol. The lowest BCUT2D eigenvalue weighted by molar-refractivity contribution is -0.115. The molecule has 0 spiro atoms. The lowest BCUT2D eigenvalue weighted by Gasteiger charge is -2.56. The Labute approximate surface area is 135 Å². The highest BCUT2D eigenvalue weighted by Crippen LogP contribution is 2.60. The minimum Gasteiger partial charge on any atom is -0.369 e. The fourth-order valence-corrected chi connectivity index (χ4v) is 6.27. The van der Waals surface area contributed by atoms with Crippen LogP contribution in [0.1, 0.15) is 44.3 Å². The second-order valence-electron chi connectivity index (χ2n) is 7.81. The van der Waals surface area contributed by atoms with Gasteiger partial charge in [-0.1, -0.05) is 11.8 Å². The van der Waals surface area contributed by atoms with Crippen molar-refractivity contribution in [2.45, 2.75) is 50.1 Å². The van der Waals surface area contributed by atoms with E-state index in [-0.39, 0.29) is 11.7 Å². The van der Waals surface area contributed by atoms with Crippen LogP contribution in [-0.4, -0.2) is 26.4 Å². The summed E-state index contributed by atoms with van der Waals surface area (Å²) in [4.78, 5) is 10.9. The Kier molecular flexibility index (Phi) is 3.47. The minimum absolute atomic E-state index is 0.267. The van der Waals surface area contributed by atoms with Gasteiger partial charge in [0.2, 0.25) is 5.91 Å². The normalized spacial score (nSPS) is 36.0. The molecule has 2 N–H and O–H groups in total. The lowest BCUT2D eigenvalue weighted by atomic mass is 9.49. The van der Waals surface area contributed by atoms with Crippen LogP contribution in [0.5, 0.6) is 0 Å². The third kappa shape index (κ3) is 2.55. The molecule has 0 saturated heterocycles. The van der Waals surface area contributed by atoms with E-state index in [1.54, 1.807) is 0 Å². The highest BCUT2D eigenvalue weighted by atomic mass is 32.2. The monoisotopic (exact) mass is 320 g/mol. The van der Waals surface area contributed by atoms with Gasteiger partial charge in [-0.05, 0) is 61.7 Å². The largest absolute Gasteiger partial charge is 0.369 e. The number of nitrogens with two attached hydrogens (primary N) is 1. The fraction of sp³-hybridized carbons (Fsp3) is 0.812. The Morgan fingerprint density at radius 2 is 1.82 bits per heavy atom. The predicted molar refractivity (Wildman–Crippen MR) is 85.2 cm³/mol. The third-order valence-electron chi connectivity index (χ3n) is 5.97. The van der Waals surface area contributed by atoms with Gasteiger partial charge in [0, 0.05) is 13.5 Å². The molecule has 120 valence electrons. The zero-order valence-corrected chi connectivity index (χ0v) is 13.9. The van der Waals surface area contributed by atoms with E-state index in [1.807, 2.05) is 7.05 Å². The van der Waals surface area contributed by atoms with Crippen LogP contribution in [0, 0.1) is 23.2 Å². The Bertz CT molecular complexity index is 562. The van der Waals surface area contributed by atoms with Crippen molar-refractivity contribution in [3.8, 4) is 0 Å². The zero-order valence-electron chi connectivity index (χ0n) is 13.1. The van der Waals surface area contributed by atoms with E-state index < -0.39 is 0 Å². The van der Waals surface area contributed by atoms with E-state index in [0.717, 1.165) is 35.2 Å². The summed E-state index contributed by atoms with van der Waals surface area (Å²) in [6.07, 6.45) is 9.62. The van der Waals surface area contributed by atoms with Crippen molar-refractivity contribution in [2.24, 2.45) is 36.0 Å². The minimum atomic E-state index is -0.310. The summed E-state index contributed by atoms with van der Waals surface area (Å²) in [5.41, 5.74) is 5.69. The van der Waals surface area contributed by atoms with E-state index in [1.165, 1.54) is 50.3 Å². The standard InChI is InChI=1S/C16H24N4OS/c1-20-14(18-19-15(20)22-9-13(17)21)8-16-5-10-2-11(6-16)4-12(3-10)7-16/h10-12H,2-9H2,1H3,(H2,17,21). The van der Waals surface area contributed by atoms with Crippen LogP contribution in [0.25, 0.3) is 0 Å². The van der Waals surface area contributed by atoms with E-state index in [0.29, 0.717) is 5.41 Å². The van der Waals surface area contributed by atoms with Gasteiger partial charge < -0.3 is 10.3 Å². The van der Waals surface area contributed by atoms with Crippen molar-refractivity contribution >= 4 is 17.7 Å². The molecule has 0 radical (unpaired) electrons. The molecule has 4 saturated carbocycles. The smallest absolute Gasteiger partial charge is 0.227 e. The number of thioether (sulfide) groups is 1. The average Bonchev–Trinajstić information content (AvgIpc) is 2.75. The summed E-state index contributed by atoms with van der Waals surface area (Å²) < 4.78 is 2.06. The number of nitrogens with zero attached hydrogens (tertiary/aromatic N) is 3. The van der Waals surface area contributed by atoms with Crippen molar-refractivity contribution in [2.75, 3.05) is 5.75 Å². The number of primary amides is 1. The molecule has 6 heteroatoms. The van der Waals surface area contributed by atoms with Gasteiger partial charge in [0.05, 0.1) is 5.75 Å². The number of aromatic nitrogens is 3. The van der Waals surface area contributed by atoms with E-state index in [9.17, 15) is 4.79 Å². The Hall–Kier alpha value is -1.04. The number of amides is 1. The third-order valence-corrected chi connectivity index (χ3v) is 7.01. The van der Waals surface area contributed by atoms with Gasteiger partial charge in [0.15, 0.2) is 5.16 Å². The van der Waals surface area contributed by atoms with Gasteiger partial charge in [-0.3, -0.25) is 4.79 Å². The van der Waals surface area contributed by atoms with Crippen LogP contribution in [0.4, 0.5) is 0 Å². The number of hydrogen-bond acceptors (Lipinski definition) is 4. The van der Waals surface area contributed by atoms with Crippen LogP contribution in [0.3, 0.4) is 0 Å². The molecule has 0 aromatic carbocycles. The molecule has 5 nitrogen and oxygen atoms in total. The van der Waals surface area contributed by atoms with E-state index in [2.05, 4.69) is 14.8 Å². The van der Waals surface area contributed by atoms with Crippen LogP contribution < -0.4 is 5.73 Å². The molecule has 4 bridgehead atoms. The molecule has 4 aliphatic carbocycles. The van der Waals surface area contributed by atoms with E-state index in [4.69, 9.17) is 5.73 Å². The number of hydrogen-bond donors (Lipinski definition) is 1. The van der Waals surface area contributed by atoms with Crippen molar-refractivity contribution in [3.05, 3.63) is 5.82 Å². The van der Waals surface area contributed by atoms with Crippen molar-refractivity contribution < 1.29 is 4.79 Å². The molecule has 22 heavy (non-hydrogen) atoms. The molecular formula is C16H24N4OS. The molecule has 1 amide bonds. The van der Waals surface area contributed by atoms with Crippen molar-refractivity contribution in [1.29, 1.82) is 0 Å². The Balaban J connectivity index is 1.50. The van der Waals surface area contributed by atoms with Crippen molar-refractivity contribution in [3.63, 3.8) is 0 Å². The first-order valence-electron chi connectivity index (χ1n) is 8.32. The first kappa shape index (κ1) is 14.5. The maximum absolute atomic E-state index is 10.9. The summed E-state index contributed by atoms with van der Waals surface area (Å²) in [6.45, 7) is 0. The first-order chi connectivity index (χ1) is 10.5. The Morgan fingerprint density at radius 3 is 2.36 bits per heavy atom. The number of carbonyl (C=O) groups excluding carboxylic acids is 1. The molecule has 4 aliphatic rings. The molecule has 0 unspecified atom stereocenters. The SMILES string of the molecule is Cn1c(CC23CC4CC(CC(C4)C2)C3)nnc1SCC(N)=O. The van der Waals surface area contributed by atoms with Crippen LogP contribution in [0.2, 0.25) is 0 Å². The van der Waals surface area contributed by atoms with Crippen LogP contribution in [0.15, 0.2) is 5.16 Å². The maximum Gasteiger partial charge on any atom is 0.227 e. The first-order valence-corrected chi connectivity index (χ1v) is 9.31. The molecule has 1 heterocycles. The lowest BCUT2D eigenvalue weighted by Crippen LogP contribution is -2.47. The Morgan fingerprint density at radius 1 is 1.23 bits per heavy atom. The van der Waals surface area contributed by atoms with E-state index >= 15 is 0 Å².